The van der Waals surface area contributed by atoms with Crippen LogP contribution in [0, 0.1) is 5.92 Å². The van der Waals surface area contributed by atoms with Gasteiger partial charge in [-0.05, 0) is 24.5 Å². The lowest BCUT2D eigenvalue weighted by Crippen LogP contribution is -2.38. The Kier molecular flexibility index (Phi) is 4.74. The second-order valence-electron chi connectivity index (χ2n) is 4.07. The molecule has 0 saturated carbocycles. The van der Waals surface area contributed by atoms with Crippen molar-refractivity contribution in [1.29, 1.82) is 0 Å². The highest BCUT2D eigenvalue weighted by Gasteiger charge is 2.17. The van der Waals surface area contributed by atoms with Gasteiger partial charge in [-0.3, -0.25) is 4.79 Å². The van der Waals surface area contributed by atoms with Crippen molar-refractivity contribution < 1.29 is 4.79 Å². The van der Waals surface area contributed by atoms with E-state index in [1.807, 2.05) is 0 Å². The van der Waals surface area contributed by atoms with Gasteiger partial charge in [0, 0.05) is 12.2 Å². The van der Waals surface area contributed by atoms with Crippen molar-refractivity contribution in [3.63, 3.8) is 0 Å². The molecule has 88 valence electrons. The molecule has 0 aromatic carbocycles. The molecule has 1 heterocycles. The molecule has 0 aliphatic carbocycles. The number of hydrogen-bond donors (Lipinski definition) is 1. The third kappa shape index (κ3) is 3.20. The van der Waals surface area contributed by atoms with Gasteiger partial charge in [0.1, 0.15) is 5.15 Å². The normalized spacial score (nSPS) is 12.6. The molecule has 1 unspecified atom stereocenters. The molecule has 0 aliphatic heterocycles. The molecule has 1 aromatic heterocycles. The molecule has 0 bridgehead atoms. The molecule has 0 radical (unpaired) electrons. The van der Waals surface area contributed by atoms with Crippen molar-refractivity contribution in [3.05, 3.63) is 29.0 Å². The maximum absolute atomic E-state index is 11.9. The van der Waals surface area contributed by atoms with E-state index in [9.17, 15) is 4.79 Å². The number of rotatable bonds is 4. The molecule has 0 aliphatic rings. The Morgan fingerprint density at radius 2 is 2.25 bits per heavy atom. The van der Waals surface area contributed by atoms with E-state index in [1.54, 1.807) is 18.3 Å². The molecule has 16 heavy (non-hydrogen) atoms. The van der Waals surface area contributed by atoms with Crippen LogP contribution >= 0.6 is 11.6 Å². The quantitative estimate of drug-likeness (QED) is 0.823. The van der Waals surface area contributed by atoms with Gasteiger partial charge in [0.05, 0.1) is 5.56 Å². The predicted molar refractivity (Wildman–Crippen MR) is 65.6 cm³/mol. The fourth-order valence-electron chi connectivity index (χ4n) is 1.54. The van der Waals surface area contributed by atoms with E-state index in [-0.39, 0.29) is 17.1 Å². The van der Waals surface area contributed by atoms with Crippen LogP contribution in [-0.4, -0.2) is 16.9 Å². The molecule has 3 nitrogen and oxygen atoms in total. The zero-order valence-electron chi connectivity index (χ0n) is 9.83. The molecule has 1 rings (SSSR count). The summed E-state index contributed by atoms with van der Waals surface area (Å²) in [6.07, 6.45) is 2.47. The Morgan fingerprint density at radius 1 is 1.56 bits per heavy atom. The summed E-state index contributed by atoms with van der Waals surface area (Å²) >= 11 is 5.85. The van der Waals surface area contributed by atoms with Crippen LogP contribution in [0.3, 0.4) is 0 Å². The zero-order valence-corrected chi connectivity index (χ0v) is 10.6. The van der Waals surface area contributed by atoms with Crippen molar-refractivity contribution in [2.24, 2.45) is 5.92 Å². The van der Waals surface area contributed by atoms with Crippen LogP contribution in [0.15, 0.2) is 18.3 Å². The third-order valence-electron chi connectivity index (χ3n) is 2.56. The van der Waals surface area contributed by atoms with Crippen LogP contribution in [0.1, 0.15) is 37.6 Å². The van der Waals surface area contributed by atoms with Gasteiger partial charge in [0.2, 0.25) is 0 Å². The first kappa shape index (κ1) is 13.0. The van der Waals surface area contributed by atoms with Crippen LogP contribution in [-0.2, 0) is 0 Å². The number of nitrogens with zero attached hydrogens (tertiary/aromatic N) is 1. The number of carbonyl (C=O) groups is 1. The summed E-state index contributed by atoms with van der Waals surface area (Å²) in [6, 6.07) is 3.55. The molecule has 0 saturated heterocycles. The van der Waals surface area contributed by atoms with Gasteiger partial charge >= 0.3 is 0 Å². The molecule has 0 fully saturated rings. The first-order valence-electron chi connectivity index (χ1n) is 5.47. The predicted octanol–water partition coefficient (Wildman–Crippen LogP) is 2.90. The maximum Gasteiger partial charge on any atom is 0.254 e. The highest BCUT2D eigenvalue weighted by Crippen LogP contribution is 2.13. The number of hydrogen-bond acceptors (Lipinski definition) is 2. The second kappa shape index (κ2) is 5.85. The molecule has 1 atom stereocenters. The molecule has 0 spiro atoms. The van der Waals surface area contributed by atoms with Crippen LogP contribution in [0.5, 0.6) is 0 Å². The molecule has 4 heteroatoms. The average molecular weight is 241 g/mol. The summed E-state index contributed by atoms with van der Waals surface area (Å²) < 4.78 is 0. The fourth-order valence-corrected chi connectivity index (χ4v) is 1.75. The second-order valence-corrected chi connectivity index (χ2v) is 4.43. The van der Waals surface area contributed by atoms with Crippen molar-refractivity contribution >= 4 is 17.5 Å². The number of pyridine rings is 1. The SMILES string of the molecule is CCC(NC(=O)c1cccnc1Cl)C(C)C. The minimum Gasteiger partial charge on any atom is -0.349 e. The molecule has 1 aromatic rings. The lowest BCUT2D eigenvalue weighted by molar-refractivity contribution is 0.0924. The highest BCUT2D eigenvalue weighted by molar-refractivity contribution is 6.32. The van der Waals surface area contributed by atoms with Gasteiger partial charge in [0.15, 0.2) is 0 Å². The van der Waals surface area contributed by atoms with Gasteiger partial charge in [-0.15, -0.1) is 0 Å². The van der Waals surface area contributed by atoms with Crippen LogP contribution in [0.4, 0.5) is 0 Å². The fraction of sp³-hybridized carbons (Fsp3) is 0.500. The maximum atomic E-state index is 11.9. The molecule has 1 N–H and O–H groups in total. The van der Waals surface area contributed by atoms with Crippen LogP contribution in [0.25, 0.3) is 0 Å². The number of halogens is 1. The zero-order chi connectivity index (χ0) is 12.1. The largest absolute Gasteiger partial charge is 0.349 e. The van der Waals surface area contributed by atoms with Gasteiger partial charge in [-0.2, -0.15) is 0 Å². The monoisotopic (exact) mass is 240 g/mol. The van der Waals surface area contributed by atoms with Gasteiger partial charge in [-0.25, -0.2) is 4.98 Å². The summed E-state index contributed by atoms with van der Waals surface area (Å²) in [7, 11) is 0. The first-order chi connectivity index (χ1) is 7.56. The minimum absolute atomic E-state index is 0.154. The van der Waals surface area contributed by atoms with E-state index in [2.05, 4.69) is 31.1 Å². The molecular weight excluding hydrogens is 224 g/mol. The molecular formula is C12H17ClN2O. The minimum atomic E-state index is -0.154. The van der Waals surface area contributed by atoms with E-state index >= 15 is 0 Å². The van der Waals surface area contributed by atoms with Gasteiger partial charge < -0.3 is 5.32 Å². The molecule has 1 amide bonds. The Balaban J connectivity index is 2.76. The van der Waals surface area contributed by atoms with E-state index in [0.29, 0.717) is 11.5 Å². The average Bonchev–Trinajstić information content (AvgIpc) is 2.25. The van der Waals surface area contributed by atoms with Crippen LogP contribution < -0.4 is 5.32 Å². The van der Waals surface area contributed by atoms with E-state index < -0.39 is 0 Å². The van der Waals surface area contributed by atoms with Crippen molar-refractivity contribution in [2.75, 3.05) is 0 Å². The van der Waals surface area contributed by atoms with Crippen LogP contribution in [0.2, 0.25) is 5.15 Å². The Bertz CT molecular complexity index is 366. The third-order valence-corrected chi connectivity index (χ3v) is 2.87. The Morgan fingerprint density at radius 3 is 2.75 bits per heavy atom. The lowest BCUT2D eigenvalue weighted by Gasteiger charge is -2.20. The summed E-state index contributed by atoms with van der Waals surface area (Å²) in [5.41, 5.74) is 0.434. The Labute approximate surface area is 101 Å². The number of nitrogens with one attached hydrogen (secondary N) is 1. The van der Waals surface area contributed by atoms with Gasteiger partial charge in [0.25, 0.3) is 5.91 Å². The topological polar surface area (TPSA) is 42.0 Å². The van der Waals surface area contributed by atoms with Crippen molar-refractivity contribution in [2.45, 2.75) is 33.2 Å². The van der Waals surface area contributed by atoms with E-state index in [0.717, 1.165) is 6.42 Å². The highest BCUT2D eigenvalue weighted by atomic mass is 35.5. The summed E-state index contributed by atoms with van der Waals surface area (Å²) in [4.78, 5) is 15.8. The smallest absolute Gasteiger partial charge is 0.254 e. The summed E-state index contributed by atoms with van der Waals surface area (Å²) in [6.45, 7) is 6.22. The Hall–Kier alpha value is -1.09. The number of carbonyl (C=O) groups excluding carboxylic acids is 1. The van der Waals surface area contributed by atoms with Crippen molar-refractivity contribution in [1.82, 2.24) is 10.3 Å². The summed E-state index contributed by atoms with van der Waals surface area (Å²) in [5.74, 6) is 0.253. The standard InChI is InChI=1S/C12H17ClN2O/c1-4-10(8(2)3)15-12(16)9-6-5-7-14-11(9)13/h5-8,10H,4H2,1-3H3,(H,15,16). The van der Waals surface area contributed by atoms with Gasteiger partial charge in [-0.1, -0.05) is 32.4 Å². The van der Waals surface area contributed by atoms with E-state index in [1.165, 1.54) is 0 Å². The number of amides is 1. The lowest BCUT2D eigenvalue weighted by atomic mass is 10.0. The first-order valence-corrected chi connectivity index (χ1v) is 5.85. The summed E-state index contributed by atoms with van der Waals surface area (Å²) in [5, 5.41) is 3.21. The van der Waals surface area contributed by atoms with Crippen molar-refractivity contribution in [3.8, 4) is 0 Å². The van der Waals surface area contributed by atoms with E-state index in [4.69, 9.17) is 11.6 Å². The number of aromatic nitrogens is 1.